The van der Waals surface area contributed by atoms with Crippen molar-refractivity contribution in [1.29, 1.82) is 0 Å². The Kier molecular flexibility index (Phi) is 4.47. The number of anilines is 2. The van der Waals surface area contributed by atoms with Crippen LogP contribution in [0.2, 0.25) is 0 Å². The van der Waals surface area contributed by atoms with Crippen molar-refractivity contribution in [1.82, 2.24) is 0 Å². The molecule has 16 heavy (non-hydrogen) atoms. The summed E-state index contributed by atoms with van der Waals surface area (Å²) in [6.07, 6.45) is 2.29. The third-order valence-electron chi connectivity index (χ3n) is 2.79. The predicted molar refractivity (Wildman–Crippen MR) is 72.8 cm³/mol. The molecular weight excluding hydrogens is 220 g/mol. The largest absolute Gasteiger partial charge is 0.385 e. The summed E-state index contributed by atoms with van der Waals surface area (Å²) in [5, 5.41) is 2.99. The summed E-state index contributed by atoms with van der Waals surface area (Å²) in [4.78, 5) is 13.6. The highest BCUT2D eigenvalue weighted by Crippen LogP contribution is 2.25. The fraction of sp³-hybridized carbons (Fsp3) is 0.667. The van der Waals surface area contributed by atoms with E-state index in [1.165, 1.54) is 6.42 Å². The summed E-state index contributed by atoms with van der Waals surface area (Å²) < 4.78 is 0.438. The Bertz CT molecular complexity index is 419. The van der Waals surface area contributed by atoms with Crippen LogP contribution in [-0.2, 0) is 0 Å². The van der Waals surface area contributed by atoms with Crippen molar-refractivity contribution in [2.24, 2.45) is 5.92 Å². The lowest BCUT2D eigenvalue weighted by Gasteiger charge is -2.24. The van der Waals surface area contributed by atoms with Crippen LogP contribution in [0.15, 0.2) is 4.79 Å². The molecule has 1 aromatic rings. The van der Waals surface area contributed by atoms with Crippen molar-refractivity contribution < 1.29 is 0 Å². The van der Waals surface area contributed by atoms with Crippen molar-refractivity contribution in [2.75, 3.05) is 30.9 Å². The van der Waals surface area contributed by atoms with Gasteiger partial charge in [0.1, 0.15) is 10.2 Å². The van der Waals surface area contributed by atoms with Gasteiger partial charge in [0.15, 0.2) is 0 Å². The molecule has 0 aliphatic carbocycles. The number of nitrogens with zero attached hydrogens (tertiary/aromatic N) is 1. The summed E-state index contributed by atoms with van der Waals surface area (Å²) in [7, 11) is 3.75. The maximum absolute atomic E-state index is 11.6. The molecule has 4 heteroatoms. The predicted octanol–water partition coefficient (Wildman–Crippen LogP) is 2.57. The van der Waals surface area contributed by atoms with Crippen molar-refractivity contribution in [3.8, 4) is 0 Å². The molecule has 1 aromatic carbocycles. The van der Waals surface area contributed by atoms with E-state index in [2.05, 4.69) is 19.2 Å². The summed E-state index contributed by atoms with van der Waals surface area (Å²) in [5.74, 6) is 0.712. The molecule has 1 rings (SSSR count). The highest BCUT2D eigenvalue weighted by atomic mass is 32.1. The Balaban J connectivity index is 2.60. The van der Waals surface area contributed by atoms with Crippen LogP contribution in [0.1, 0.15) is 26.7 Å². The van der Waals surface area contributed by atoms with E-state index in [-0.39, 0.29) is 5.43 Å². The first-order chi connectivity index (χ1) is 7.49. The lowest BCUT2D eigenvalue weighted by atomic mass is 10.1. The van der Waals surface area contributed by atoms with Gasteiger partial charge in [0.2, 0.25) is 5.43 Å². The molecule has 0 spiro atoms. The molecule has 0 aliphatic rings. The second-order valence-corrected chi connectivity index (χ2v) is 5.00. The maximum Gasteiger partial charge on any atom is 0.224 e. The standard InChI is InChI=1S/C12H20N2OS/c1-8(2)6-5-7-14(4)10-9(13-3)12(16)11(10)15/h8,13H,5-7H2,1-4H3. The molecule has 0 fully saturated rings. The van der Waals surface area contributed by atoms with Gasteiger partial charge in [0.25, 0.3) is 0 Å². The van der Waals surface area contributed by atoms with E-state index in [1.54, 1.807) is 7.05 Å². The summed E-state index contributed by atoms with van der Waals surface area (Å²) in [5.41, 5.74) is 1.58. The number of hydrogen-bond donors (Lipinski definition) is 1. The monoisotopic (exact) mass is 240 g/mol. The van der Waals surface area contributed by atoms with E-state index in [0.29, 0.717) is 10.4 Å². The molecule has 3 nitrogen and oxygen atoms in total. The van der Waals surface area contributed by atoms with Gasteiger partial charge in [0.05, 0.1) is 5.69 Å². The smallest absolute Gasteiger partial charge is 0.224 e. The first-order valence-electron chi connectivity index (χ1n) is 5.71. The quantitative estimate of drug-likeness (QED) is 0.775. The summed E-state index contributed by atoms with van der Waals surface area (Å²) in [6.45, 7) is 5.33. The van der Waals surface area contributed by atoms with Gasteiger partial charge in [-0.25, -0.2) is 0 Å². The van der Waals surface area contributed by atoms with Crippen molar-refractivity contribution in [3.05, 3.63) is 14.7 Å². The molecule has 0 unspecified atom stereocenters. The first kappa shape index (κ1) is 13.2. The van der Waals surface area contributed by atoms with Crippen LogP contribution < -0.4 is 15.6 Å². The van der Waals surface area contributed by atoms with Crippen LogP contribution in [0.3, 0.4) is 0 Å². The second kappa shape index (κ2) is 5.43. The van der Waals surface area contributed by atoms with Gasteiger partial charge in [-0.05, 0) is 18.8 Å². The van der Waals surface area contributed by atoms with Crippen LogP contribution in [0.25, 0.3) is 0 Å². The average Bonchev–Trinajstić information content (AvgIpc) is 2.23. The van der Waals surface area contributed by atoms with E-state index in [0.717, 1.165) is 24.3 Å². The molecule has 0 aromatic heterocycles. The van der Waals surface area contributed by atoms with E-state index in [4.69, 9.17) is 12.2 Å². The van der Waals surface area contributed by atoms with Crippen LogP contribution in [-0.4, -0.2) is 20.6 Å². The minimum absolute atomic E-state index is 0.00592. The van der Waals surface area contributed by atoms with Crippen LogP contribution in [0, 0.1) is 10.4 Å². The highest BCUT2D eigenvalue weighted by molar-refractivity contribution is 7.71. The molecule has 0 saturated heterocycles. The molecule has 1 N–H and O–H groups in total. The van der Waals surface area contributed by atoms with Crippen LogP contribution >= 0.6 is 12.2 Å². The van der Waals surface area contributed by atoms with Crippen LogP contribution in [0.4, 0.5) is 11.4 Å². The van der Waals surface area contributed by atoms with E-state index in [9.17, 15) is 4.79 Å². The Morgan fingerprint density at radius 2 is 2.06 bits per heavy atom. The normalized spacial score (nSPS) is 11.1. The third-order valence-corrected chi connectivity index (χ3v) is 3.18. The molecular formula is C12H20N2OS. The van der Waals surface area contributed by atoms with Crippen molar-refractivity contribution >= 4 is 23.6 Å². The molecule has 0 heterocycles. The molecule has 0 atom stereocenters. The minimum atomic E-state index is 0.00592. The van der Waals surface area contributed by atoms with Crippen LogP contribution in [0.5, 0.6) is 0 Å². The highest BCUT2D eigenvalue weighted by Gasteiger charge is 2.19. The fourth-order valence-corrected chi connectivity index (χ4v) is 2.12. The summed E-state index contributed by atoms with van der Waals surface area (Å²) >= 11 is 4.98. The number of nitrogens with one attached hydrogen (secondary N) is 1. The molecule has 0 amide bonds. The van der Waals surface area contributed by atoms with Crippen molar-refractivity contribution in [2.45, 2.75) is 26.7 Å². The van der Waals surface area contributed by atoms with Gasteiger partial charge in [-0.15, -0.1) is 0 Å². The zero-order valence-corrected chi connectivity index (χ0v) is 11.3. The Hall–Kier alpha value is -0.900. The molecule has 0 bridgehead atoms. The van der Waals surface area contributed by atoms with Gasteiger partial charge in [0, 0.05) is 20.6 Å². The second-order valence-electron chi connectivity index (χ2n) is 4.59. The maximum atomic E-state index is 11.6. The van der Waals surface area contributed by atoms with Gasteiger partial charge in [-0.1, -0.05) is 26.1 Å². The fourth-order valence-electron chi connectivity index (χ4n) is 1.82. The van der Waals surface area contributed by atoms with Gasteiger partial charge < -0.3 is 10.2 Å². The minimum Gasteiger partial charge on any atom is -0.385 e. The lowest BCUT2D eigenvalue weighted by molar-refractivity contribution is 0.555. The number of hydrogen-bond acceptors (Lipinski definition) is 4. The van der Waals surface area contributed by atoms with Gasteiger partial charge >= 0.3 is 0 Å². The summed E-state index contributed by atoms with van der Waals surface area (Å²) in [6, 6.07) is 0. The van der Waals surface area contributed by atoms with Gasteiger partial charge in [-0.2, -0.15) is 0 Å². The molecule has 0 aliphatic heterocycles. The zero-order chi connectivity index (χ0) is 12.3. The zero-order valence-electron chi connectivity index (χ0n) is 10.5. The lowest BCUT2D eigenvalue weighted by Crippen LogP contribution is -2.30. The Morgan fingerprint density at radius 1 is 1.44 bits per heavy atom. The van der Waals surface area contributed by atoms with E-state index >= 15 is 0 Å². The van der Waals surface area contributed by atoms with Gasteiger partial charge in [-0.3, -0.25) is 4.79 Å². The van der Waals surface area contributed by atoms with E-state index < -0.39 is 0 Å². The average molecular weight is 240 g/mol. The Morgan fingerprint density at radius 3 is 2.56 bits per heavy atom. The molecule has 90 valence electrons. The number of rotatable bonds is 6. The molecule has 0 saturated carbocycles. The Labute approximate surface area is 102 Å². The van der Waals surface area contributed by atoms with E-state index in [1.807, 2.05) is 11.9 Å². The first-order valence-corrected chi connectivity index (χ1v) is 6.12. The third kappa shape index (κ3) is 2.61. The molecule has 0 radical (unpaired) electrons. The SMILES string of the molecule is CNc1c(N(C)CCCC(C)C)c(=O)c1=S. The van der Waals surface area contributed by atoms with Crippen molar-refractivity contribution in [3.63, 3.8) is 0 Å². The topological polar surface area (TPSA) is 32.3 Å².